The minimum Gasteiger partial charge on any atom is -0.508 e. The molecule has 6 heteroatoms. The lowest BCUT2D eigenvalue weighted by Gasteiger charge is -2.35. The van der Waals surface area contributed by atoms with Crippen LogP contribution >= 0.6 is 0 Å². The first kappa shape index (κ1) is 17.0. The predicted octanol–water partition coefficient (Wildman–Crippen LogP) is 2.47. The van der Waals surface area contributed by atoms with Gasteiger partial charge < -0.3 is 14.9 Å². The molecule has 1 atom stereocenters. The van der Waals surface area contributed by atoms with Gasteiger partial charge in [0.15, 0.2) is 0 Å². The summed E-state index contributed by atoms with van der Waals surface area (Å²) in [5.74, 6) is -0.179. The van der Waals surface area contributed by atoms with Crippen molar-refractivity contribution in [1.29, 1.82) is 0 Å². The summed E-state index contributed by atoms with van der Waals surface area (Å²) in [6.45, 7) is 1.99. The second kappa shape index (κ2) is 6.58. The Morgan fingerprint density at radius 1 is 1.20 bits per heavy atom. The summed E-state index contributed by atoms with van der Waals surface area (Å²) in [4.78, 5) is 11.9. The van der Waals surface area contributed by atoms with Gasteiger partial charge in [0.1, 0.15) is 17.1 Å². The van der Waals surface area contributed by atoms with E-state index in [2.05, 4.69) is 0 Å². The number of hydrogen-bond acceptors (Lipinski definition) is 5. The summed E-state index contributed by atoms with van der Waals surface area (Å²) in [5, 5.41) is 29.9. The van der Waals surface area contributed by atoms with E-state index < -0.39 is 11.5 Å². The van der Waals surface area contributed by atoms with E-state index in [0.29, 0.717) is 22.4 Å². The van der Waals surface area contributed by atoms with E-state index in [1.807, 2.05) is 13.0 Å². The molecule has 2 aromatic carbocycles. The molecule has 1 heterocycles. The third-order valence-corrected chi connectivity index (χ3v) is 4.37. The first-order valence-corrected chi connectivity index (χ1v) is 7.93. The second-order valence-electron chi connectivity index (χ2n) is 5.95. The molecule has 0 bridgehead atoms. The van der Waals surface area contributed by atoms with Gasteiger partial charge in [0.25, 0.3) is 0 Å². The van der Waals surface area contributed by atoms with Crippen LogP contribution in [0.4, 0.5) is 0 Å². The summed E-state index contributed by atoms with van der Waals surface area (Å²) >= 11 is 0. The fourth-order valence-corrected chi connectivity index (χ4v) is 3.00. The Morgan fingerprint density at radius 2 is 1.92 bits per heavy atom. The Morgan fingerprint density at radius 3 is 2.56 bits per heavy atom. The molecule has 1 unspecified atom stereocenters. The molecule has 4 N–H and O–H groups in total. The molecule has 2 aromatic rings. The lowest BCUT2D eigenvalue weighted by Crippen LogP contribution is -2.37. The number of nitrogens with one attached hydrogen (secondary N) is 1. The zero-order valence-electron chi connectivity index (χ0n) is 13.7. The molecule has 6 nitrogen and oxygen atoms in total. The van der Waals surface area contributed by atoms with Crippen molar-refractivity contribution in [2.45, 2.75) is 25.4 Å². The Balaban J connectivity index is 2.15. The van der Waals surface area contributed by atoms with Gasteiger partial charge in [0.05, 0.1) is 12.7 Å². The number of benzene rings is 2. The number of aryl methyl sites for hydroxylation is 1. The Kier molecular flexibility index (Phi) is 4.48. The van der Waals surface area contributed by atoms with Crippen LogP contribution < -0.4 is 10.2 Å². The van der Waals surface area contributed by atoms with Crippen LogP contribution in [0.2, 0.25) is 0 Å². The lowest BCUT2D eigenvalue weighted by molar-refractivity contribution is -0.132. The fraction of sp³-hybridized carbons (Fsp3) is 0.211. The SMILES string of the molecule is CCc1ccc2c(c1)C(O)(CC(=O)NO)C(c1ccc(O)cc1)=CO2. The van der Waals surface area contributed by atoms with Crippen LogP contribution in [0.3, 0.4) is 0 Å². The monoisotopic (exact) mass is 341 g/mol. The molecule has 0 saturated heterocycles. The van der Waals surface area contributed by atoms with Crippen LogP contribution in [0.15, 0.2) is 48.7 Å². The normalized spacial score (nSPS) is 18.8. The molecule has 0 radical (unpaired) electrons. The van der Waals surface area contributed by atoms with Crippen molar-refractivity contribution < 1.29 is 25.0 Å². The Labute approximate surface area is 145 Å². The third-order valence-electron chi connectivity index (χ3n) is 4.37. The number of phenols is 1. The van der Waals surface area contributed by atoms with Gasteiger partial charge in [-0.15, -0.1) is 0 Å². The largest absolute Gasteiger partial charge is 0.508 e. The zero-order chi connectivity index (χ0) is 18.0. The number of phenolic OH excluding ortho intramolecular Hbond substituents is 1. The maximum absolute atomic E-state index is 11.9. The number of hydrogen-bond donors (Lipinski definition) is 4. The Hall–Kier alpha value is -2.83. The molecule has 3 rings (SSSR count). The summed E-state index contributed by atoms with van der Waals surface area (Å²) in [6, 6.07) is 11.7. The van der Waals surface area contributed by atoms with Gasteiger partial charge in [0, 0.05) is 11.1 Å². The number of fused-ring (bicyclic) bond motifs is 1. The highest BCUT2D eigenvalue weighted by atomic mass is 16.5. The first-order chi connectivity index (χ1) is 12.0. The van der Waals surface area contributed by atoms with E-state index in [1.54, 1.807) is 29.7 Å². The summed E-state index contributed by atoms with van der Waals surface area (Å²) in [5.41, 5.74) is 2.30. The van der Waals surface area contributed by atoms with Crippen molar-refractivity contribution in [1.82, 2.24) is 5.48 Å². The quantitative estimate of drug-likeness (QED) is 0.506. The molecule has 0 fully saturated rings. The van der Waals surface area contributed by atoms with Crippen LogP contribution in [0, 0.1) is 0 Å². The average molecular weight is 341 g/mol. The number of aliphatic hydroxyl groups is 1. The van der Waals surface area contributed by atoms with Crippen molar-refractivity contribution >= 4 is 11.5 Å². The maximum atomic E-state index is 11.9. The van der Waals surface area contributed by atoms with Crippen LogP contribution in [0.5, 0.6) is 11.5 Å². The number of carbonyl (C=O) groups is 1. The van der Waals surface area contributed by atoms with E-state index in [4.69, 9.17) is 9.94 Å². The summed E-state index contributed by atoms with van der Waals surface area (Å²) in [6.07, 6.45) is 1.78. The summed E-state index contributed by atoms with van der Waals surface area (Å²) in [7, 11) is 0. The van der Waals surface area contributed by atoms with Gasteiger partial charge in [-0.05, 0) is 41.8 Å². The number of amides is 1. The molecule has 1 amide bonds. The van der Waals surface area contributed by atoms with Gasteiger partial charge >= 0.3 is 0 Å². The topological polar surface area (TPSA) is 99.0 Å². The maximum Gasteiger partial charge on any atom is 0.246 e. The minimum atomic E-state index is -1.68. The van der Waals surface area contributed by atoms with Crippen molar-refractivity contribution in [3.8, 4) is 11.5 Å². The number of aromatic hydroxyl groups is 1. The standard InChI is InChI=1S/C19H19NO5/c1-2-12-3-8-17-15(9-12)19(23,10-18(22)20-24)16(11-25-17)13-4-6-14(21)7-5-13/h3-9,11,21,23-24H,2,10H2,1H3,(H,20,22). The highest BCUT2D eigenvalue weighted by Gasteiger charge is 2.42. The fourth-order valence-electron chi connectivity index (χ4n) is 3.00. The highest BCUT2D eigenvalue weighted by Crippen LogP contribution is 2.46. The number of ether oxygens (including phenoxy) is 1. The molecular weight excluding hydrogens is 322 g/mol. The minimum absolute atomic E-state index is 0.0892. The van der Waals surface area contributed by atoms with Gasteiger partial charge in [-0.1, -0.05) is 25.1 Å². The Bertz CT molecular complexity index is 828. The van der Waals surface area contributed by atoms with E-state index in [0.717, 1.165) is 12.0 Å². The number of hydroxylamine groups is 1. The van der Waals surface area contributed by atoms with Crippen molar-refractivity contribution in [3.63, 3.8) is 0 Å². The van der Waals surface area contributed by atoms with Crippen molar-refractivity contribution in [3.05, 3.63) is 65.4 Å². The van der Waals surface area contributed by atoms with Gasteiger partial charge in [-0.3, -0.25) is 10.0 Å². The third kappa shape index (κ3) is 3.09. The smallest absolute Gasteiger partial charge is 0.246 e. The second-order valence-corrected chi connectivity index (χ2v) is 5.95. The molecule has 0 aromatic heterocycles. The van der Waals surface area contributed by atoms with Gasteiger partial charge in [-0.25, -0.2) is 5.48 Å². The van der Waals surface area contributed by atoms with E-state index in [9.17, 15) is 15.0 Å². The van der Waals surface area contributed by atoms with Crippen LogP contribution in [-0.2, 0) is 16.8 Å². The van der Waals surface area contributed by atoms with Gasteiger partial charge in [-0.2, -0.15) is 0 Å². The van der Waals surface area contributed by atoms with Crippen molar-refractivity contribution in [2.75, 3.05) is 0 Å². The van der Waals surface area contributed by atoms with E-state index >= 15 is 0 Å². The molecule has 1 aliphatic heterocycles. The molecular formula is C19H19NO5. The van der Waals surface area contributed by atoms with Crippen molar-refractivity contribution in [2.24, 2.45) is 0 Å². The molecule has 0 spiro atoms. The van der Waals surface area contributed by atoms with Crippen LogP contribution in [0.1, 0.15) is 30.0 Å². The lowest BCUT2D eigenvalue weighted by atomic mass is 9.78. The molecule has 25 heavy (non-hydrogen) atoms. The van der Waals surface area contributed by atoms with Crippen LogP contribution in [0.25, 0.3) is 5.57 Å². The number of carbonyl (C=O) groups excluding carboxylic acids is 1. The summed E-state index contributed by atoms with van der Waals surface area (Å²) < 4.78 is 5.65. The predicted molar refractivity (Wildman–Crippen MR) is 91.0 cm³/mol. The van der Waals surface area contributed by atoms with Gasteiger partial charge in [0.2, 0.25) is 5.91 Å². The first-order valence-electron chi connectivity index (χ1n) is 7.93. The van der Waals surface area contributed by atoms with E-state index in [1.165, 1.54) is 18.4 Å². The molecule has 130 valence electrons. The highest BCUT2D eigenvalue weighted by molar-refractivity contribution is 5.84. The zero-order valence-corrected chi connectivity index (χ0v) is 13.7. The molecule has 0 aliphatic carbocycles. The molecule has 0 saturated carbocycles. The van der Waals surface area contributed by atoms with E-state index in [-0.39, 0.29) is 12.2 Å². The average Bonchev–Trinajstić information content (AvgIpc) is 2.62. The molecule has 1 aliphatic rings. The van der Waals surface area contributed by atoms with Crippen LogP contribution in [-0.4, -0.2) is 21.3 Å². The number of rotatable bonds is 4.